The van der Waals surface area contributed by atoms with E-state index in [-0.39, 0.29) is 10.7 Å². The summed E-state index contributed by atoms with van der Waals surface area (Å²) in [6.45, 7) is 0.347. The molecule has 0 radical (unpaired) electrons. The topological polar surface area (TPSA) is 100 Å². The van der Waals surface area contributed by atoms with Crippen molar-refractivity contribution in [3.63, 3.8) is 0 Å². The number of rotatable bonds is 5. The first-order valence-corrected chi connectivity index (χ1v) is 10.9. The molecule has 150 valence electrons. The molecule has 0 saturated carbocycles. The summed E-state index contributed by atoms with van der Waals surface area (Å²) in [5, 5.41) is 17.5. The Balaban J connectivity index is 1.68. The van der Waals surface area contributed by atoms with Crippen molar-refractivity contribution in [3.05, 3.63) is 76.6 Å². The molecule has 30 heavy (non-hydrogen) atoms. The van der Waals surface area contributed by atoms with Crippen molar-refractivity contribution < 1.29 is 12.8 Å². The number of nitriles is 1. The molecule has 2 aromatic carbocycles. The van der Waals surface area contributed by atoms with E-state index in [1.54, 1.807) is 47.1 Å². The van der Waals surface area contributed by atoms with Crippen LogP contribution in [0, 0.1) is 16.5 Å². The molecule has 0 bridgehead atoms. The number of anilines is 1. The fourth-order valence-electron chi connectivity index (χ4n) is 2.90. The molecule has 4 aromatic rings. The van der Waals surface area contributed by atoms with E-state index < -0.39 is 9.84 Å². The lowest BCUT2D eigenvalue weighted by Crippen LogP contribution is -2.07. The normalized spacial score (nSPS) is 11.4. The Morgan fingerprint density at radius 2 is 1.90 bits per heavy atom. The zero-order valence-corrected chi connectivity index (χ0v) is 17.7. The number of thiocyanates is 1. The zero-order chi connectivity index (χ0) is 21.3. The van der Waals surface area contributed by atoms with Gasteiger partial charge in [-0.1, -0.05) is 24.3 Å². The second-order valence-electron chi connectivity index (χ2n) is 6.33. The van der Waals surface area contributed by atoms with Crippen LogP contribution in [0.4, 0.5) is 10.2 Å². The smallest absolute Gasteiger partial charge is 0.269 e. The quantitative estimate of drug-likeness (QED) is 0.336. The van der Waals surface area contributed by atoms with Crippen molar-refractivity contribution in [2.24, 2.45) is 0 Å². The van der Waals surface area contributed by atoms with Gasteiger partial charge < -0.3 is 5.32 Å². The summed E-state index contributed by atoms with van der Waals surface area (Å²) in [6.07, 6.45) is 1.60. The Bertz CT molecular complexity index is 1400. The molecule has 2 aromatic heterocycles. The van der Waals surface area contributed by atoms with Crippen molar-refractivity contribution in [1.82, 2.24) is 14.6 Å². The van der Waals surface area contributed by atoms with E-state index in [1.807, 2.05) is 0 Å². The molecule has 0 atom stereocenters. The second-order valence-corrected chi connectivity index (χ2v) is 8.84. The molecule has 7 nitrogen and oxygen atoms in total. The second kappa shape index (κ2) is 7.85. The van der Waals surface area contributed by atoms with Crippen LogP contribution in [0.15, 0.2) is 70.2 Å². The number of benzene rings is 2. The molecular weight excluding hydrogens is 473 g/mol. The first-order valence-electron chi connectivity index (χ1n) is 8.67. The summed E-state index contributed by atoms with van der Waals surface area (Å²) in [7, 11) is -3.93. The van der Waals surface area contributed by atoms with Crippen LogP contribution in [0.2, 0.25) is 0 Å². The van der Waals surface area contributed by atoms with Crippen LogP contribution in [-0.4, -0.2) is 23.0 Å². The monoisotopic (exact) mass is 485 g/mol. The molecule has 0 saturated heterocycles. The molecule has 0 aliphatic heterocycles. The van der Waals surface area contributed by atoms with Crippen molar-refractivity contribution >= 4 is 37.2 Å². The maximum absolute atomic E-state index is 14.3. The largest absolute Gasteiger partial charge is 0.366 e. The third kappa shape index (κ3) is 3.77. The van der Waals surface area contributed by atoms with E-state index in [4.69, 9.17) is 5.26 Å². The Morgan fingerprint density at radius 3 is 2.60 bits per heavy atom. The highest BCUT2D eigenvalue weighted by Crippen LogP contribution is 2.27. The first-order chi connectivity index (χ1) is 14.4. The fraction of sp³-hybridized carbons (Fsp3) is 0.0500. The number of aromatic nitrogens is 3. The maximum Gasteiger partial charge on any atom is 0.269 e. The average molecular weight is 486 g/mol. The molecule has 0 fully saturated rings. The summed E-state index contributed by atoms with van der Waals surface area (Å²) < 4.78 is 39.7. The third-order valence-electron chi connectivity index (χ3n) is 4.41. The predicted octanol–water partition coefficient (Wildman–Crippen LogP) is 4.16. The van der Waals surface area contributed by atoms with Crippen molar-refractivity contribution in [2.45, 2.75) is 11.4 Å². The summed E-state index contributed by atoms with van der Waals surface area (Å²) in [5.74, 6) is 0.197. The lowest BCUT2D eigenvalue weighted by atomic mass is 10.1. The van der Waals surface area contributed by atoms with Gasteiger partial charge in [0, 0.05) is 18.2 Å². The Kier molecular flexibility index (Phi) is 5.24. The van der Waals surface area contributed by atoms with Crippen LogP contribution in [-0.2, 0) is 16.4 Å². The molecule has 0 aliphatic carbocycles. The molecule has 10 heteroatoms. The van der Waals surface area contributed by atoms with Gasteiger partial charge >= 0.3 is 0 Å². The van der Waals surface area contributed by atoms with Gasteiger partial charge in [0.25, 0.3) is 9.84 Å². The number of sulfone groups is 1. The van der Waals surface area contributed by atoms with E-state index in [9.17, 15) is 12.8 Å². The Morgan fingerprint density at radius 1 is 1.17 bits per heavy atom. The highest BCUT2D eigenvalue weighted by molar-refractivity contribution is 9.10. The van der Waals surface area contributed by atoms with E-state index in [1.165, 1.54) is 23.6 Å². The molecule has 0 unspecified atom stereocenters. The van der Waals surface area contributed by atoms with Crippen LogP contribution in [0.1, 0.15) is 5.56 Å². The number of nitrogens with one attached hydrogen (secondary N) is 1. The van der Waals surface area contributed by atoms with Gasteiger partial charge in [-0.05, 0) is 45.8 Å². The highest BCUT2D eigenvalue weighted by Gasteiger charge is 2.15. The van der Waals surface area contributed by atoms with Crippen molar-refractivity contribution in [2.75, 3.05) is 5.32 Å². The SMILES string of the molecule is N#CS(=O)(=O)c1ccc(CNc2cc(-c3ccccc3F)nc3c(Br)cnn23)cc1. The van der Waals surface area contributed by atoms with Gasteiger partial charge in [0.05, 0.1) is 21.3 Å². The van der Waals surface area contributed by atoms with Gasteiger partial charge in [0.2, 0.25) is 0 Å². The van der Waals surface area contributed by atoms with Gasteiger partial charge in [-0.3, -0.25) is 0 Å². The molecule has 0 aliphatic rings. The lowest BCUT2D eigenvalue weighted by molar-refractivity contribution is 0.605. The Labute approximate surface area is 179 Å². The molecule has 0 spiro atoms. The van der Waals surface area contributed by atoms with Crippen molar-refractivity contribution in [3.8, 4) is 16.7 Å². The minimum atomic E-state index is -3.93. The van der Waals surface area contributed by atoms with E-state index in [0.29, 0.717) is 33.7 Å². The average Bonchev–Trinajstić information content (AvgIpc) is 3.13. The molecule has 1 N–H and O–H groups in total. The van der Waals surface area contributed by atoms with Crippen LogP contribution in [0.5, 0.6) is 0 Å². The summed E-state index contributed by atoms with van der Waals surface area (Å²) >= 11 is 3.41. The van der Waals surface area contributed by atoms with Gasteiger partial charge in [0.1, 0.15) is 11.6 Å². The number of nitrogens with zero attached hydrogens (tertiary/aromatic N) is 4. The minimum absolute atomic E-state index is 0.0575. The van der Waals surface area contributed by atoms with E-state index >= 15 is 0 Å². The van der Waals surface area contributed by atoms with Gasteiger partial charge in [-0.15, -0.1) is 0 Å². The fourth-order valence-corrected chi connectivity index (χ4v) is 3.85. The van der Waals surface area contributed by atoms with Crippen LogP contribution in [0.25, 0.3) is 16.9 Å². The predicted molar refractivity (Wildman–Crippen MR) is 113 cm³/mol. The highest BCUT2D eigenvalue weighted by atomic mass is 79.9. The summed E-state index contributed by atoms with van der Waals surface area (Å²) in [5.41, 5.74) is 2.12. The zero-order valence-electron chi connectivity index (χ0n) is 15.3. The molecule has 2 heterocycles. The number of hydrogen-bond acceptors (Lipinski definition) is 6. The standard InChI is InChI=1S/C20H13BrFN5O2S/c21-16-11-25-27-19(9-18(26-20(16)27)15-3-1-2-4-17(15)22)24-10-13-5-7-14(8-6-13)30(28,29)12-23/h1-9,11,24H,10H2. The summed E-state index contributed by atoms with van der Waals surface area (Å²) in [6, 6.07) is 14.1. The number of hydrogen-bond donors (Lipinski definition) is 1. The Hall–Kier alpha value is -3.29. The van der Waals surface area contributed by atoms with E-state index in [0.717, 1.165) is 5.56 Å². The minimum Gasteiger partial charge on any atom is -0.366 e. The van der Waals surface area contributed by atoms with Crippen molar-refractivity contribution in [1.29, 1.82) is 5.26 Å². The van der Waals surface area contributed by atoms with Gasteiger partial charge in [-0.2, -0.15) is 14.9 Å². The van der Waals surface area contributed by atoms with Gasteiger partial charge in [0.15, 0.2) is 11.0 Å². The third-order valence-corrected chi connectivity index (χ3v) is 6.10. The molecule has 0 amide bonds. The summed E-state index contributed by atoms with van der Waals surface area (Å²) in [4.78, 5) is 4.45. The molecular formula is C20H13BrFN5O2S. The number of halogens is 2. The lowest BCUT2D eigenvalue weighted by Gasteiger charge is -2.11. The van der Waals surface area contributed by atoms with Crippen LogP contribution in [0.3, 0.4) is 0 Å². The number of fused-ring (bicyclic) bond motifs is 1. The van der Waals surface area contributed by atoms with Crippen LogP contribution < -0.4 is 5.32 Å². The first kappa shape index (κ1) is 20.0. The molecule has 4 rings (SSSR count). The maximum atomic E-state index is 14.3. The van der Waals surface area contributed by atoms with Crippen LogP contribution >= 0.6 is 15.9 Å². The van der Waals surface area contributed by atoms with E-state index in [2.05, 4.69) is 31.3 Å². The van der Waals surface area contributed by atoms with Gasteiger partial charge in [-0.25, -0.2) is 17.8 Å².